The average molecular weight is 487 g/mol. The molecule has 0 aliphatic carbocycles. The van der Waals surface area contributed by atoms with Crippen molar-refractivity contribution >= 4 is 55.8 Å². The van der Waals surface area contributed by atoms with Gasteiger partial charge in [-0.1, -0.05) is 54.2 Å². The maximum absolute atomic E-state index is 12.6. The molecule has 0 spiro atoms. The molecule has 170 valence electrons. The Morgan fingerprint density at radius 1 is 1.06 bits per heavy atom. The van der Waals surface area contributed by atoms with Crippen molar-refractivity contribution in [3.8, 4) is 5.88 Å². The standard InChI is InChI=1S/C26H22N4O2S2/c1-16(2)30-21-9-5-3-7-19(21)23(25(30)32)28-29-24(31)18-13-11-17(12-14-18)15-33-26-27-20-8-4-6-10-22(20)34-26/h3-14,16,32H,15H2,1-2H3. The van der Waals surface area contributed by atoms with Crippen molar-refractivity contribution in [1.82, 2.24) is 9.55 Å². The quantitative estimate of drug-likeness (QED) is 0.196. The number of thiazole rings is 1. The molecule has 8 heteroatoms. The normalized spacial score (nSPS) is 11.9. The van der Waals surface area contributed by atoms with Crippen LogP contribution in [0, 0.1) is 0 Å². The van der Waals surface area contributed by atoms with E-state index in [0.29, 0.717) is 11.3 Å². The van der Waals surface area contributed by atoms with E-state index in [9.17, 15) is 9.90 Å². The molecule has 6 nitrogen and oxygen atoms in total. The molecule has 1 N–H and O–H groups in total. The minimum atomic E-state index is -0.453. The summed E-state index contributed by atoms with van der Waals surface area (Å²) < 4.78 is 3.99. The van der Waals surface area contributed by atoms with Gasteiger partial charge in [0.2, 0.25) is 5.88 Å². The van der Waals surface area contributed by atoms with Crippen LogP contribution in [0.15, 0.2) is 87.4 Å². The number of azo groups is 1. The molecule has 2 heterocycles. The number of hydrogen-bond acceptors (Lipinski definition) is 6. The summed E-state index contributed by atoms with van der Waals surface area (Å²) in [7, 11) is 0. The highest BCUT2D eigenvalue weighted by molar-refractivity contribution is 8.00. The molecular formula is C26H22N4O2S2. The first-order valence-electron chi connectivity index (χ1n) is 10.9. The number of fused-ring (bicyclic) bond motifs is 2. The number of nitrogens with zero attached hydrogens (tertiary/aromatic N) is 4. The minimum absolute atomic E-state index is 0.00923. The molecule has 0 atom stereocenters. The van der Waals surface area contributed by atoms with E-state index in [-0.39, 0.29) is 11.9 Å². The molecule has 0 saturated carbocycles. The lowest BCUT2D eigenvalue weighted by molar-refractivity contribution is 0.0995. The SMILES string of the molecule is CC(C)n1c(O)c(N=NC(=O)c2ccc(CSc3nc4ccccc4s3)cc2)c2ccccc21. The maximum atomic E-state index is 12.6. The van der Waals surface area contributed by atoms with Gasteiger partial charge in [0.05, 0.1) is 15.7 Å². The van der Waals surface area contributed by atoms with Crippen LogP contribution in [0.2, 0.25) is 0 Å². The molecule has 0 radical (unpaired) electrons. The summed E-state index contributed by atoms with van der Waals surface area (Å²) in [5.74, 6) is 0.319. The molecule has 5 rings (SSSR count). The second-order valence-corrected chi connectivity index (χ2v) is 10.3. The van der Waals surface area contributed by atoms with Crippen LogP contribution in [-0.4, -0.2) is 20.6 Å². The van der Waals surface area contributed by atoms with Crippen LogP contribution in [0.1, 0.15) is 35.8 Å². The first kappa shape index (κ1) is 22.3. The monoisotopic (exact) mass is 486 g/mol. The van der Waals surface area contributed by atoms with E-state index in [4.69, 9.17) is 0 Å². The van der Waals surface area contributed by atoms with Gasteiger partial charge in [-0.25, -0.2) is 4.98 Å². The first-order valence-corrected chi connectivity index (χ1v) is 12.7. The molecule has 5 aromatic rings. The zero-order valence-electron chi connectivity index (χ0n) is 18.7. The number of thioether (sulfide) groups is 1. The lowest BCUT2D eigenvalue weighted by Gasteiger charge is -2.10. The number of benzene rings is 3. The third-order valence-corrected chi connectivity index (χ3v) is 7.70. The van der Waals surface area contributed by atoms with Gasteiger partial charge in [-0.05, 0) is 49.7 Å². The third kappa shape index (κ3) is 4.34. The second-order valence-electron chi connectivity index (χ2n) is 8.09. The zero-order valence-corrected chi connectivity index (χ0v) is 20.3. The Kier molecular flexibility index (Phi) is 6.17. The van der Waals surface area contributed by atoms with Crippen molar-refractivity contribution in [3.63, 3.8) is 0 Å². The highest BCUT2D eigenvalue weighted by Gasteiger charge is 2.18. The fourth-order valence-electron chi connectivity index (χ4n) is 3.81. The van der Waals surface area contributed by atoms with Crippen LogP contribution in [0.3, 0.4) is 0 Å². The zero-order chi connectivity index (χ0) is 23.7. The smallest absolute Gasteiger partial charge is 0.295 e. The van der Waals surface area contributed by atoms with E-state index < -0.39 is 5.91 Å². The predicted molar refractivity (Wildman–Crippen MR) is 138 cm³/mol. The van der Waals surface area contributed by atoms with E-state index in [1.54, 1.807) is 39.8 Å². The van der Waals surface area contributed by atoms with Gasteiger partial charge in [-0.15, -0.1) is 21.6 Å². The number of para-hydroxylation sites is 2. The number of carbonyl (C=O) groups is 1. The Balaban J connectivity index is 1.29. The summed E-state index contributed by atoms with van der Waals surface area (Å²) in [6.07, 6.45) is 0. The number of rotatable bonds is 6. The van der Waals surface area contributed by atoms with E-state index in [1.807, 2.05) is 68.4 Å². The number of hydrogen-bond donors (Lipinski definition) is 1. The predicted octanol–water partition coefficient (Wildman–Crippen LogP) is 7.75. The number of carbonyl (C=O) groups excluding carboxylic acids is 1. The summed E-state index contributed by atoms with van der Waals surface area (Å²) >= 11 is 3.36. The van der Waals surface area contributed by atoms with Crippen LogP contribution in [0.5, 0.6) is 5.88 Å². The van der Waals surface area contributed by atoms with Gasteiger partial charge < -0.3 is 9.67 Å². The topological polar surface area (TPSA) is 79.8 Å². The number of aromatic hydroxyl groups is 1. The largest absolute Gasteiger partial charge is 0.493 e. The lowest BCUT2D eigenvalue weighted by atomic mass is 10.1. The number of aromatic nitrogens is 2. The number of amides is 1. The Morgan fingerprint density at radius 2 is 1.79 bits per heavy atom. The molecule has 0 saturated heterocycles. The molecule has 0 fully saturated rings. The summed E-state index contributed by atoms with van der Waals surface area (Å²) in [6, 6.07) is 23.1. The van der Waals surface area contributed by atoms with Crippen molar-refractivity contribution in [1.29, 1.82) is 0 Å². The second kappa shape index (κ2) is 9.40. The van der Waals surface area contributed by atoms with Gasteiger partial charge in [-0.2, -0.15) is 0 Å². The summed E-state index contributed by atoms with van der Waals surface area (Å²) in [5, 5.41) is 19.5. The minimum Gasteiger partial charge on any atom is -0.493 e. The van der Waals surface area contributed by atoms with Crippen molar-refractivity contribution < 1.29 is 9.90 Å². The van der Waals surface area contributed by atoms with E-state index in [2.05, 4.69) is 21.3 Å². The molecule has 2 aromatic heterocycles. The Labute approximate surface area is 205 Å². The van der Waals surface area contributed by atoms with Crippen LogP contribution in [0.25, 0.3) is 21.1 Å². The van der Waals surface area contributed by atoms with Crippen LogP contribution in [0.4, 0.5) is 5.69 Å². The van der Waals surface area contributed by atoms with Gasteiger partial charge in [0.1, 0.15) is 0 Å². The Hall–Kier alpha value is -3.49. The third-order valence-electron chi connectivity index (χ3n) is 5.45. The Bertz CT molecular complexity index is 1480. The Morgan fingerprint density at radius 3 is 2.56 bits per heavy atom. The molecular weight excluding hydrogens is 464 g/mol. The maximum Gasteiger partial charge on any atom is 0.295 e. The molecule has 0 bridgehead atoms. The average Bonchev–Trinajstić information content (AvgIpc) is 3.39. The van der Waals surface area contributed by atoms with E-state index in [1.165, 1.54) is 4.70 Å². The van der Waals surface area contributed by atoms with Crippen molar-refractivity contribution in [2.45, 2.75) is 30.0 Å². The van der Waals surface area contributed by atoms with Crippen LogP contribution >= 0.6 is 23.1 Å². The van der Waals surface area contributed by atoms with Crippen molar-refractivity contribution in [3.05, 3.63) is 83.9 Å². The highest BCUT2D eigenvalue weighted by Crippen LogP contribution is 2.40. The molecule has 3 aromatic carbocycles. The fourth-order valence-corrected chi connectivity index (χ4v) is 5.83. The van der Waals surface area contributed by atoms with E-state index >= 15 is 0 Å². The molecule has 0 unspecified atom stereocenters. The van der Waals surface area contributed by atoms with E-state index in [0.717, 1.165) is 32.1 Å². The summed E-state index contributed by atoms with van der Waals surface area (Å²) in [6.45, 7) is 3.96. The highest BCUT2D eigenvalue weighted by atomic mass is 32.2. The molecule has 1 amide bonds. The van der Waals surface area contributed by atoms with Gasteiger partial charge in [0.15, 0.2) is 10.0 Å². The van der Waals surface area contributed by atoms with Crippen molar-refractivity contribution in [2.24, 2.45) is 10.2 Å². The first-order chi connectivity index (χ1) is 16.5. The molecule has 0 aliphatic rings. The van der Waals surface area contributed by atoms with Gasteiger partial charge in [0.25, 0.3) is 5.91 Å². The fraction of sp³-hybridized carbons (Fsp3) is 0.154. The molecule has 34 heavy (non-hydrogen) atoms. The lowest BCUT2D eigenvalue weighted by Crippen LogP contribution is -1.98. The summed E-state index contributed by atoms with van der Waals surface area (Å²) in [5.41, 5.74) is 3.72. The van der Waals surface area contributed by atoms with Crippen molar-refractivity contribution in [2.75, 3.05) is 0 Å². The van der Waals surface area contributed by atoms with Crippen LogP contribution < -0.4 is 0 Å². The summed E-state index contributed by atoms with van der Waals surface area (Å²) in [4.78, 5) is 17.3. The van der Waals surface area contributed by atoms with Gasteiger partial charge in [-0.3, -0.25) is 4.79 Å². The van der Waals surface area contributed by atoms with Crippen LogP contribution in [-0.2, 0) is 5.75 Å². The van der Waals surface area contributed by atoms with Gasteiger partial charge >= 0.3 is 0 Å². The molecule has 0 aliphatic heterocycles. The van der Waals surface area contributed by atoms with Gasteiger partial charge in [0, 0.05) is 22.7 Å².